The molecule has 1 aromatic carbocycles. The number of benzene rings is 1. The summed E-state index contributed by atoms with van der Waals surface area (Å²) in [5, 5.41) is 19.0. The number of aliphatic hydroxyl groups is 1. The minimum absolute atomic E-state index is 0.337. The van der Waals surface area contributed by atoms with Crippen LogP contribution in [0.1, 0.15) is 50.2 Å². The molecule has 0 amide bonds. The molecule has 1 aromatic rings. The van der Waals surface area contributed by atoms with E-state index < -0.39 is 0 Å². The summed E-state index contributed by atoms with van der Waals surface area (Å²) in [5.41, 5.74) is 1.67. The van der Waals surface area contributed by atoms with Crippen molar-refractivity contribution in [2.75, 3.05) is 13.7 Å². The summed E-state index contributed by atoms with van der Waals surface area (Å²) in [6.45, 7) is 3.29. The Morgan fingerprint density at radius 2 is 2.09 bits per heavy atom. The van der Waals surface area contributed by atoms with Crippen LogP contribution in [0.15, 0.2) is 18.2 Å². The molecule has 22 heavy (non-hydrogen) atoms. The Kier molecular flexibility index (Phi) is 6.23. The molecule has 120 valence electrons. The van der Waals surface area contributed by atoms with Crippen molar-refractivity contribution in [3.63, 3.8) is 0 Å². The topological polar surface area (TPSA) is 56.5 Å². The third kappa shape index (κ3) is 4.46. The predicted molar refractivity (Wildman–Crippen MR) is 86.7 cm³/mol. The molecular weight excluding hydrogens is 276 g/mol. The van der Waals surface area contributed by atoms with Gasteiger partial charge in [-0.25, -0.2) is 0 Å². The van der Waals surface area contributed by atoms with Gasteiger partial charge in [-0.1, -0.05) is 25.3 Å². The summed E-state index contributed by atoms with van der Waals surface area (Å²) < 4.78 is 5.20. The molecule has 0 aliphatic heterocycles. The molecule has 0 heterocycles. The van der Waals surface area contributed by atoms with Crippen molar-refractivity contribution >= 4 is 0 Å². The molecule has 0 bridgehead atoms. The van der Waals surface area contributed by atoms with Gasteiger partial charge in [-0.05, 0) is 37.5 Å². The van der Waals surface area contributed by atoms with E-state index in [2.05, 4.69) is 11.0 Å². The Bertz CT molecular complexity index is 516. The smallest absolute Gasteiger partial charge is 0.136 e. The van der Waals surface area contributed by atoms with Gasteiger partial charge < -0.3 is 9.84 Å². The Labute approximate surface area is 133 Å². The van der Waals surface area contributed by atoms with E-state index in [1.807, 2.05) is 25.1 Å². The highest BCUT2D eigenvalue weighted by atomic mass is 16.5. The summed E-state index contributed by atoms with van der Waals surface area (Å²) in [6, 6.07) is 8.49. The average molecular weight is 302 g/mol. The van der Waals surface area contributed by atoms with E-state index in [1.54, 1.807) is 7.11 Å². The van der Waals surface area contributed by atoms with E-state index in [0.29, 0.717) is 23.9 Å². The van der Waals surface area contributed by atoms with Crippen LogP contribution in [0.3, 0.4) is 0 Å². The summed E-state index contributed by atoms with van der Waals surface area (Å²) in [5.74, 6) is 0.617. The van der Waals surface area contributed by atoms with Crippen molar-refractivity contribution in [3.05, 3.63) is 29.3 Å². The maximum absolute atomic E-state index is 9.80. The van der Waals surface area contributed by atoms with E-state index in [-0.39, 0.29) is 6.10 Å². The number of rotatable bonds is 6. The number of ether oxygens (including phenoxy) is 1. The highest BCUT2D eigenvalue weighted by Crippen LogP contribution is 2.26. The molecule has 0 saturated heterocycles. The standard InChI is InChI=1S/C18H26N2O2/c1-14(21)12-20(17-6-4-3-5-7-17)13-15-8-9-18(22-2)16(10-15)11-19/h8-10,14,17,21H,3-7,12-13H2,1-2H3. The first-order valence-electron chi connectivity index (χ1n) is 8.13. The lowest BCUT2D eigenvalue weighted by molar-refractivity contribution is 0.0769. The summed E-state index contributed by atoms with van der Waals surface area (Å²) >= 11 is 0. The highest BCUT2D eigenvalue weighted by molar-refractivity contribution is 5.45. The van der Waals surface area contributed by atoms with E-state index in [9.17, 15) is 10.4 Å². The second kappa shape index (κ2) is 8.17. The van der Waals surface area contributed by atoms with Gasteiger partial charge in [0.25, 0.3) is 0 Å². The fraction of sp³-hybridized carbons (Fsp3) is 0.611. The van der Waals surface area contributed by atoms with Gasteiger partial charge in [0.05, 0.1) is 18.8 Å². The van der Waals surface area contributed by atoms with Gasteiger partial charge in [-0.2, -0.15) is 5.26 Å². The van der Waals surface area contributed by atoms with Gasteiger partial charge in [0.15, 0.2) is 0 Å². The van der Waals surface area contributed by atoms with E-state index in [1.165, 1.54) is 32.1 Å². The van der Waals surface area contributed by atoms with Gasteiger partial charge in [0.2, 0.25) is 0 Å². The fourth-order valence-electron chi connectivity index (χ4n) is 3.30. The minimum Gasteiger partial charge on any atom is -0.495 e. The van der Waals surface area contributed by atoms with E-state index >= 15 is 0 Å². The van der Waals surface area contributed by atoms with Crippen molar-refractivity contribution in [1.82, 2.24) is 4.90 Å². The zero-order chi connectivity index (χ0) is 15.9. The zero-order valence-corrected chi connectivity index (χ0v) is 13.6. The van der Waals surface area contributed by atoms with Crippen molar-refractivity contribution in [2.45, 2.75) is 57.7 Å². The molecule has 0 spiro atoms. The van der Waals surface area contributed by atoms with Gasteiger partial charge >= 0.3 is 0 Å². The molecule has 4 nitrogen and oxygen atoms in total. The molecule has 1 saturated carbocycles. The van der Waals surface area contributed by atoms with Crippen LogP contribution in [0, 0.1) is 11.3 Å². The number of nitriles is 1. The number of aliphatic hydroxyl groups excluding tert-OH is 1. The second-order valence-electron chi connectivity index (χ2n) is 6.22. The number of nitrogens with zero attached hydrogens (tertiary/aromatic N) is 2. The molecule has 0 radical (unpaired) electrons. The monoisotopic (exact) mass is 302 g/mol. The molecule has 1 N–H and O–H groups in total. The van der Waals surface area contributed by atoms with Crippen LogP contribution >= 0.6 is 0 Å². The van der Waals surface area contributed by atoms with Crippen LogP contribution in [-0.2, 0) is 6.54 Å². The third-order valence-electron chi connectivity index (χ3n) is 4.36. The first kappa shape index (κ1) is 16.8. The van der Waals surface area contributed by atoms with Crippen LogP contribution in [0.4, 0.5) is 0 Å². The van der Waals surface area contributed by atoms with Crippen molar-refractivity contribution in [2.24, 2.45) is 0 Å². The normalized spacial score (nSPS) is 17.2. The Morgan fingerprint density at radius 1 is 1.36 bits per heavy atom. The van der Waals surface area contributed by atoms with E-state index in [0.717, 1.165) is 12.1 Å². The number of methoxy groups -OCH3 is 1. The molecule has 1 aliphatic rings. The number of hydrogen-bond acceptors (Lipinski definition) is 4. The van der Waals surface area contributed by atoms with Gasteiger partial charge in [-0.3, -0.25) is 4.90 Å². The van der Waals surface area contributed by atoms with Gasteiger partial charge in [-0.15, -0.1) is 0 Å². The lowest BCUT2D eigenvalue weighted by Crippen LogP contribution is -2.40. The molecule has 1 aliphatic carbocycles. The molecule has 1 fully saturated rings. The molecule has 0 aromatic heterocycles. The average Bonchev–Trinajstić information content (AvgIpc) is 2.54. The Balaban J connectivity index is 2.13. The highest BCUT2D eigenvalue weighted by Gasteiger charge is 2.22. The van der Waals surface area contributed by atoms with Crippen LogP contribution in [0.5, 0.6) is 5.75 Å². The zero-order valence-electron chi connectivity index (χ0n) is 13.6. The molecule has 1 atom stereocenters. The molecule has 4 heteroatoms. The van der Waals surface area contributed by atoms with Gasteiger partial charge in [0.1, 0.15) is 11.8 Å². The fourth-order valence-corrected chi connectivity index (χ4v) is 3.30. The maximum Gasteiger partial charge on any atom is 0.136 e. The number of hydrogen-bond donors (Lipinski definition) is 1. The van der Waals surface area contributed by atoms with Crippen LogP contribution < -0.4 is 4.74 Å². The van der Waals surface area contributed by atoms with Crippen LogP contribution in [0.2, 0.25) is 0 Å². The minimum atomic E-state index is -0.337. The van der Waals surface area contributed by atoms with Crippen LogP contribution in [0.25, 0.3) is 0 Å². The predicted octanol–water partition coefficient (Wildman–Crippen LogP) is 3.08. The summed E-state index contributed by atoms with van der Waals surface area (Å²) in [7, 11) is 1.58. The van der Waals surface area contributed by atoms with Crippen molar-refractivity contribution in [1.29, 1.82) is 5.26 Å². The first-order valence-corrected chi connectivity index (χ1v) is 8.13. The first-order chi connectivity index (χ1) is 10.6. The lowest BCUT2D eigenvalue weighted by atomic mass is 9.93. The van der Waals surface area contributed by atoms with Crippen molar-refractivity contribution < 1.29 is 9.84 Å². The summed E-state index contributed by atoms with van der Waals surface area (Å²) in [4.78, 5) is 2.37. The van der Waals surface area contributed by atoms with E-state index in [4.69, 9.17) is 4.74 Å². The largest absolute Gasteiger partial charge is 0.495 e. The lowest BCUT2D eigenvalue weighted by Gasteiger charge is -2.35. The maximum atomic E-state index is 9.80. The van der Waals surface area contributed by atoms with Crippen molar-refractivity contribution in [3.8, 4) is 11.8 Å². The molecule has 1 unspecified atom stereocenters. The van der Waals surface area contributed by atoms with Gasteiger partial charge in [0, 0.05) is 19.1 Å². The third-order valence-corrected chi connectivity index (χ3v) is 4.36. The summed E-state index contributed by atoms with van der Waals surface area (Å²) in [6.07, 6.45) is 5.93. The van der Waals surface area contributed by atoms with Crippen LogP contribution in [-0.4, -0.2) is 35.8 Å². The SMILES string of the molecule is COc1ccc(CN(CC(C)O)C2CCCCC2)cc1C#N. The Hall–Kier alpha value is -1.57. The quantitative estimate of drug-likeness (QED) is 0.877. The molecular formula is C18H26N2O2. The second-order valence-corrected chi connectivity index (χ2v) is 6.22. The Morgan fingerprint density at radius 3 is 2.68 bits per heavy atom. The molecule has 2 rings (SSSR count).